The highest BCUT2D eigenvalue weighted by atomic mass is 35.5. The Morgan fingerprint density at radius 2 is 2.00 bits per heavy atom. The van der Waals surface area contributed by atoms with Crippen molar-refractivity contribution in [2.75, 3.05) is 6.54 Å². The van der Waals surface area contributed by atoms with E-state index in [2.05, 4.69) is 29.4 Å². The van der Waals surface area contributed by atoms with Crippen molar-refractivity contribution in [3.8, 4) is 0 Å². The molecule has 2 aromatic rings. The van der Waals surface area contributed by atoms with Crippen LogP contribution in [-0.4, -0.2) is 11.5 Å². The molecular formula is C17H20Cl2N2. The van der Waals surface area contributed by atoms with Crippen LogP contribution in [0.3, 0.4) is 0 Å². The summed E-state index contributed by atoms with van der Waals surface area (Å²) in [6.07, 6.45) is 5.33. The number of nitrogens with one attached hydrogen (secondary N) is 1. The highest BCUT2D eigenvalue weighted by molar-refractivity contribution is 6.31. The van der Waals surface area contributed by atoms with Crippen LogP contribution in [0.15, 0.2) is 36.7 Å². The number of halogens is 2. The lowest BCUT2D eigenvalue weighted by Gasteiger charge is -2.21. The van der Waals surface area contributed by atoms with Gasteiger partial charge in [0.15, 0.2) is 0 Å². The molecule has 1 aromatic carbocycles. The molecule has 2 rings (SSSR count). The molecule has 0 aliphatic rings. The van der Waals surface area contributed by atoms with E-state index in [1.165, 1.54) is 5.56 Å². The van der Waals surface area contributed by atoms with Crippen molar-refractivity contribution < 1.29 is 0 Å². The molecule has 0 bridgehead atoms. The molecule has 4 heteroatoms. The first-order chi connectivity index (χ1) is 10.1. The molecule has 0 aliphatic carbocycles. The van der Waals surface area contributed by atoms with Crippen LogP contribution in [0.25, 0.3) is 0 Å². The van der Waals surface area contributed by atoms with Gasteiger partial charge in [0, 0.05) is 23.5 Å². The summed E-state index contributed by atoms with van der Waals surface area (Å²) in [7, 11) is 0. The second-order valence-electron chi connectivity index (χ2n) is 5.20. The summed E-state index contributed by atoms with van der Waals surface area (Å²) in [6.45, 7) is 5.14. The second-order valence-corrected chi connectivity index (χ2v) is 6.02. The van der Waals surface area contributed by atoms with E-state index < -0.39 is 0 Å². The number of hydrogen-bond acceptors (Lipinski definition) is 2. The average molecular weight is 323 g/mol. The Labute approximate surface area is 136 Å². The molecule has 2 nitrogen and oxygen atoms in total. The normalized spacial score (nSPS) is 12.4. The van der Waals surface area contributed by atoms with E-state index in [4.69, 9.17) is 23.2 Å². The largest absolute Gasteiger partial charge is 0.310 e. The van der Waals surface area contributed by atoms with Gasteiger partial charge in [-0.2, -0.15) is 0 Å². The lowest BCUT2D eigenvalue weighted by atomic mass is 9.98. The Hall–Kier alpha value is -1.09. The first-order valence-corrected chi connectivity index (χ1v) is 7.95. The van der Waals surface area contributed by atoms with Gasteiger partial charge in [0.05, 0.1) is 5.02 Å². The summed E-state index contributed by atoms with van der Waals surface area (Å²) >= 11 is 12.7. The Morgan fingerprint density at radius 1 is 1.19 bits per heavy atom. The number of pyridine rings is 1. The lowest BCUT2D eigenvalue weighted by molar-refractivity contribution is 0.529. The zero-order valence-electron chi connectivity index (χ0n) is 12.4. The number of nitrogens with zero attached hydrogens (tertiary/aromatic N) is 1. The fourth-order valence-corrected chi connectivity index (χ4v) is 2.88. The van der Waals surface area contributed by atoms with Gasteiger partial charge in [-0.25, -0.2) is 0 Å². The van der Waals surface area contributed by atoms with E-state index in [0.717, 1.165) is 35.5 Å². The lowest BCUT2D eigenvalue weighted by Crippen LogP contribution is -2.24. The number of hydrogen-bond donors (Lipinski definition) is 1. The molecule has 0 saturated heterocycles. The summed E-state index contributed by atoms with van der Waals surface area (Å²) < 4.78 is 0. The van der Waals surface area contributed by atoms with Gasteiger partial charge in [-0.1, -0.05) is 42.3 Å². The van der Waals surface area contributed by atoms with E-state index in [9.17, 15) is 0 Å². The highest BCUT2D eigenvalue weighted by Crippen LogP contribution is 2.28. The zero-order chi connectivity index (χ0) is 15.2. The molecule has 0 fully saturated rings. The standard InChI is InChI=1S/C17H20Cl2N2/c1-3-7-21-17(10-13-6-8-20-11-16(13)19)14-5-4-12(2)9-15(14)18/h4-6,8-9,11,17,21H,3,7,10H2,1-2H3. The van der Waals surface area contributed by atoms with Crippen LogP contribution in [0.4, 0.5) is 0 Å². The topological polar surface area (TPSA) is 24.9 Å². The maximum absolute atomic E-state index is 6.42. The minimum absolute atomic E-state index is 0.151. The van der Waals surface area contributed by atoms with Crippen LogP contribution in [0.1, 0.15) is 36.1 Å². The van der Waals surface area contributed by atoms with Crippen molar-refractivity contribution in [1.29, 1.82) is 0 Å². The van der Waals surface area contributed by atoms with Crippen molar-refractivity contribution in [2.24, 2.45) is 0 Å². The number of benzene rings is 1. The van der Waals surface area contributed by atoms with E-state index in [1.807, 2.05) is 19.1 Å². The van der Waals surface area contributed by atoms with Crippen molar-refractivity contribution in [3.05, 3.63) is 63.4 Å². The van der Waals surface area contributed by atoms with Crippen molar-refractivity contribution in [2.45, 2.75) is 32.7 Å². The molecule has 1 N–H and O–H groups in total. The van der Waals surface area contributed by atoms with Gasteiger partial charge in [0.25, 0.3) is 0 Å². The summed E-state index contributed by atoms with van der Waals surface area (Å²) in [5, 5.41) is 5.06. The zero-order valence-corrected chi connectivity index (χ0v) is 13.9. The van der Waals surface area contributed by atoms with Crippen LogP contribution in [-0.2, 0) is 6.42 Å². The predicted molar refractivity (Wildman–Crippen MR) is 90.2 cm³/mol. The summed E-state index contributed by atoms with van der Waals surface area (Å²) in [5.74, 6) is 0. The molecule has 0 amide bonds. The molecule has 0 saturated carbocycles. The van der Waals surface area contributed by atoms with Crippen molar-refractivity contribution >= 4 is 23.2 Å². The molecule has 0 radical (unpaired) electrons. The van der Waals surface area contributed by atoms with Gasteiger partial charge in [-0.15, -0.1) is 0 Å². The maximum atomic E-state index is 6.42. The van der Waals surface area contributed by atoms with E-state index >= 15 is 0 Å². The van der Waals surface area contributed by atoms with Crippen molar-refractivity contribution in [1.82, 2.24) is 10.3 Å². The van der Waals surface area contributed by atoms with E-state index in [-0.39, 0.29) is 6.04 Å². The molecule has 1 unspecified atom stereocenters. The number of rotatable bonds is 6. The van der Waals surface area contributed by atoms with Crippen LogP contribution < -0.4 is 5.32 Å². The van der Waals surface area contributed by atoms with Gasteiger partial charge in [0.2, 0.25) is 0 Å². The second kappa shape index (κ2) is 7.79. The van der Waals surface area contributed by atoms with Crippen LogP contribution in [0.2, 0.25) is 10.0 Å². The van der Waals surface area contributed by atoms with Crippen LogP contribution in [0, 0.1) is 6.92 Å². The van der Waals surface area contributed by atoms with Gasteiger partial charge >= 0.3 is 0 Å². The van der Waals surface area contributed by atoms with Gasteiger partial charge in [0.1, 0.15) is 0 Å². The average Bonchev–Trinajstić information content (AvgIpc) is 2.46. The first-order valence-electron chi connectivity index (χ1n) is 7.19. The SMILES string of the molecule is CCCNC(Cc1ccncc1Cl)c1ccc(C)cc1Cl. The Morgan fingerprint density at radius 3 is 2.67 bits per heavy atom. The molecule has 0 spiro atoms. The van der Waals surface area contributed by atoms with Crippen LogP contribution >= 0.6 is 23.2 Å². The monoisotopic (exact) mass is 322 g/mol. The molecular weight excluding hydrogens is 303 g/mol. The Bertz CT molecular complexity index is 599. The minimum Gasteiger partial charge on any atom is -0.310 e. The molecule has 1 aromatic heterocycles. The predicted octanol–water partition coefficient (Wildman–Crippen LogP) is 4.98. The van der Waals surface area contributed by atoms with E-state index in [1.54, 1.807) is 12.4 Å². The van der Waals surface area contributed by atoms with Crippen LogP contribution in [0.5, 0.6) is 0 Å². The number of aromatic nitrogens is 1. The molecule has 1 atom stereocenters. The van der Waals surface area contributed by atoms with Gasteiger partial charge in [-0.3, -0.25) is 4.98 Å². The molecule has 1 heterocycles. The third kappa shape index (κ3) is 4.44. The quantitative estimate of drug-likeness (QED) is 0.811. The molecule has 112 valence electrons. The van der Waals surface area contributed by atoms with Gasteiger partial charge < -0.3 is 5.32 Å². The fourth-order valence-electron chi connectivity index (χ4n) is 2.31. The summed E-state index contributed by atoms with van der Waals surface area (Å²) in [6, 6.07) is 8.31. The fraction of sp³-hybridized carbons (Fsp3) is 0.353. The van der Waals surface area contributed by atoms with E-state index in [0.29, 0.717) is 5.02 Å². The summed E-state index contributed by atoms with van der Waals surface area (Å²) in [5.41, 5.74) is 3.36. The van der Waals surface area contributed by atoms with Gasteiger partial charge in [-0.05, 0) is 55.1 Å². The number of aryl methyl sites for hydroxylation is 1. The summed E-state index contributed by atoms with van der Waals surface area (Å²) in [4.78, 5) is 4.04. The van der Waals surface area contributed by atoms with Crippen molar-refractivity contribution in [3.63, 3.8) is 0 Å². The Balaban J connectivity index is 2.27. The Kier molecular flexibility index (Phi) is 6.04. The smallest absolute Gasteiger partial charge is 0.0622 e. The first kappa shape index (κ1) is 16.3. The maximum Gasteiger partial charge on any atom is 0.0622 e. The minimum atomic E-state index is 0.151. The highest BCUT2D eigenvalue weighted by Gasteiger charge is 2.16. The third-order valence-corrected chi connectivity index (χ3v) is 4.12. The molecule has 21 heavy (non-hydrogen) atoms. The third-order valence-electron chi connectivity index (χ3n) is 3.45. The molecule has 0 aliphatic heterocycles.